The van der Waals surface area contributed by atoms with Crippen LogP contribution in [0, 0.1) is 0 Å². The van der Waals surface area contributed by atoms with Gasteiger partial charge in [-0.2, -0.15) is 13.2 Å². The van der Waals surface area contributed by atoms with Crippen molar-refractivity contribution in [1.82, 2.24) is 15.3 Å². The molecule has 7 nitrogen and oxygen atoms in total. The van der Waals surface area contributed by atoms with E-state index in [2.05, 4.69) is 20.0 Å². The molecule has 0 radical (unpaired) electrons. The molecule has 2 aliphatic carbocycles. The molecule has 2 atom stereocenters. The number of nitrogens with one attached hydrogen (secondary N) is 1. The number of anilines is 1. The largest absolute Gasteiger partial charge is 0.522 e. The van der Waals surface area contributed by atoms with Crippen molar-refractivity contribution in [3.05, 3.63) is 54.1 Å². The van der Waals surface area contributed by atoms with Gasteiger partial charge in [0.25, 0.3) is 17.4 Å². The van der Waals surface area contributed by atoms with E-state index < -0.39 is 53.1 Å². The summed E-state index contributed by atoms with van der Waals surface area (Å²) in [4.78, 5) is 35.1. The van der Waals surface area contributed by atoms with Gasteiger partial charge in [0.2, 0.25) is 0 Å². The number of rotatable bonds is 8. The van der Waals surface area contributed by atoms with Crippen molar-refractivity contribution in [2.75, 3.05) is 4.90 Å². The average molecular weight is 583 g/mol. The Morgan fingerprint density at radius 2 is 1.64 bits per heavy atom. The number of hydrogen-bond acceptors (Lipinski definition) is 5. The van der Waals surface area contributed by atoms with E-state index in [0.717, 1.165) is 30.6 Å². The lowest BCUT2D eigenvalue weighted by molar-refractivity contribution is -0.351. The zero-order valence-corrected chi connectivity index (χ0v) is 20.9. The molecule has 212 valence electrons. The van der Waals surface area contributed by atoms with Gasteiger partial charge < -0.3 is 5.32 Å². The highest BCUT2D eigenvalue weighted by Crippen LogP contribution is 2.59. The van der Waals surface area contributed by atoms with Gasteiger partial charge in [0, 0.05) is 29.7 Å². The van der Waals surface area contributed by atoms with E-state index in [1.54, 1.807) is 0 Å². The number of benzene rings is 1. The first kappa shape index (κ1) is 29.0. The molecule has 1 heterocycles. The third-order valence-electron chi connectivity index (χ3n) is 7.12. The van der Waals surface area contributed by atoms with Gasteiger partial charge in [-0.05, 0) is 50.3 Å². The van der Waals surface area contributed by atoms with Crippen LogP contribution in [0.5, 0.6) is 0 Å². The third kappa shape index (κ3) is 5.67. The molecule has 39 heavy (non-hydrogen) atoms. The van der Waals surface area contributed by atoms with E-state index >= 15 is 0 Å². The number of nitrogens with zero attached hydrogens (tertiary/aromatic N) is 3. The maximum Gasteiger partial charge on any atom is 0.522 e. The van der Waals surface area contributed by atoms with Crippen LogP contribution in [0.25, 0.3) is 0 Å². The first-order valence-corrected chi connectivity index (χ1v) is 12.1. The number of amides is 2. The monoisotopic (exact) mass is 582 g/mol. The Balaban J connectivity index is 1.69. The molecule has 2 aliphatic rings. The summed E-state index contributed by atoms with van der Waals surface area (Å²) < 4.78 is 96.4. The van der Waals surface area contributed by atoms with E-state index in [-0.39, 0.29) is 42.5 Å². The fourth-order valence-electron chi connectivity index (χ4n) is 4.70. The maximum atomic E-state index is 14.3. The molecular formula is C24H22ClF7N4O3. The lowest BCUT2D eigenvalue weighted by Crippen LogP contribution is -2.61. The van der Waals surface area contributed by atoms with Crippen LogP contribution in [0.15, 0.2) is 43.0 Å². The second kappa shape index (κ2) is 10.2. The summed E-state index contributed by atoms with van der Waals surface area (Å²) in [6.07, 6.45) is -7.69. The molecule has 1 aromatic carbocycles. The fourth-order valence-corrected chi connectivity index (χ4v) is 4.80. The predicted octanol–water partition coefficient (Wildman–Crippen LogP) is 5.04. The Labute approximate surface area is 222 Å². The lowest BCUT2D eigenvalue weighted by Gasteiger charge is -2.43. The number of halogens is 8. The van der Waals surface area contributed by atoms with Crippen LogP contribution < -0.4 is 10.2 Å². The van der Waals surface area contributed by atoms with E-state index in [4.69, 9.17) is 11.6 Å². The highest BCUT2D eigenvalue weighted by atomic mass is 35.5. The summed E-state index contributed by atoms with van der Waals surface area (Å²) in [6.45, 7) is 1.21. The number of aromatic nitrogens is 2. The Morgan fingerprint density at radius 1 is 1.08 bits per heavy atom. The number of carbonyl (C=O) groups excluding carboxylic acids is 2. The normalized spacial score (nSPS) is 22.7. The number of carbonyl (C=O) groups is 2. The van der Waals surface area contributed by atoms with Gasteiger partial charge in [0.1, 0.15) is 6.33 Å². The third-order valence-corrected chi connectivity index (χ3v) is 7.31. The van der Waals surface area contributed by atoms with E-state index in [1.807, 2.05) is 0 Å². The molecule has 1 N–H and O–H groups in total. The lowest BCUT2D eigenvalue weighted by atomic mass is 9.85. The number of hydrogen-bond donors (Lipinski definition) is 1. The van der Waals surface area contributed by atoms with Crippen LogP contribution in [-0.2, 0) is 25.3 Å². The second-order valence-corrected chi connectivity index (χ2v) is 10.0. The second-order valence-electron chi connectivity index (χ2n) is 9.63. The predicted molar refractivity (Wildman–Crippen MR) is 123 cm³/mol. The van der Waals surface area contributed by atoms with Gasteiger partial charge in [-0.25, -0.2) is 14.4 Å². The van der Waals surface area contributed by atoms with Crippen LogP contribution >= 0.6 is 11.6 Å². The minimum atomic E-state index is -4.85. The molecule has 15 heteroatoms. The van der Waals surface area contributed by atoms with Crippen molar-refractivity contribution in [1.29, 1.82) is 0 Å². The zero-order chi connectivity index (χ0) is 28.8. The van der Waals surface area contributed by atoms with E-state index in [0.29, 0.717) is 4.90 Å². The van der Waals surface area contributed by atoms with Crippen molar-refractivity contribution in [3.8, 4) is 0 Å². The molecular weight excluding hydrogens is 561 g/mol. The van der Waals surface area contributed by atoms with Crippen LogP contribution in [0.1, 0.15) is 43.7 Å². The Bertz CT molecular complexity index is 1200. The van der Waals surface area contributed by atoms with E-state index in [9.17, 15) is 40.3 Å². The molecule has 2 aromatic rings. The summed E-state index contributed by atoms with van der Waals surface area (Å²) in [5, 5.41) is 2.53. The van der Waals surface area contributed by atoms with Crippen LogP contribution in [-0.4, -0.2) is 52.1 Å². The summed E-state index contributed by atoms with van der Waals surface area (Å²) >= 11 is 5.48. The average Bonchev–Trinajstić information content (AvgIpc) is 3.65. The van der Waals surface area contributed by atoms with Crippen molar-refractivity contribution >= 4 is 29.1 Å². The zero-order valence-electron chi connectivity index (χ0n) is 20.2. The summed E-state index contributed by atoms with van der Waals surface area (Å²) in [6, 6.07) is 3.80. The number of ether oxygens (including phenoxy) is 1. The van der Waals surface area contributed by atoms with E-state index in [1.165, 1.54) is 19.3 Å². The summed E-state index contributed by atoms with van der Waals surface area (Å²) in [5.74, 6) is -2.34. The van der Waals surface area contributed by atoms with Gasteiger partial charge in [0.05, 0.1) is 11.5 Å². The molecule has 1 aromatic heterocycles. The van der Waals surface area contributed by atoms with Crippen molar-refractivity contribution in [3.63, 3.8) is 0 Å². The minimum absolute atomic E-state index is 0.0198. The van der Waals surface area contributed by atoms with Gasteiger partial charge >= 0.3 is 12.5 Å². The van der Waals surface area contributed by atoms with Crippen LogP contribution in [0.3, 0.4) is 0 Å². The Kier molecular flexibility index (Phi) is 7.58. The topological polar surface area (TPSA) is 84.4 Å². The Hall–Kier alpha value is -3.00. The molecule has 2 saturated carbocycles. The SMILES string of the molecule is C[C@](C(=O)NC1CC(OC(F)(F)F)C1)(c1cncnc1)N(C(=O)[C@H](F)Cl)c1ccc(C2(C(F)(F)F)CC2)cc1. The fraction of sp³-hybridized carbons (Fsp3) is 0.500. The standard InChI is InChI=1S/C24H22ClF7N4O3/c1-21(14-10-33-12-34-11-14,20(38)35-15-8-17(9-15)39-24(30,31)32)36(19(37)18(25)26)16-4-2-13(3-5-16)22(6-7-22)23(27,28)29/h2-5,10-12,15,17-18H,6-9H2,1H3,(H,35,38)/t15?,17?,18-,21+/m0/s1. The first-order chi connectivity index (χ1) is 18.1. The minimum Gasteiger partial charge on any atom is -0.351 e. The van der Waals surface area contributed by atoms with Gasteiger partial charge in [-0.15, -0.1) is 13.2 Å². The quantitative estimate of drug-likeness (QED) is 0.348. The van der Waals surface area contributed by atoms with Crippen molar-refractivity contribution < 1.29 is 45.1 Å². The number of alkyl halides is 8. The molecule has 0 saturated heterocycles. The van der Waals surface area contributed by atoms with Gasteiger partial charge in [-0.3, -0.25) is 19.2 Å². The molecule has 0 spiro atoms. The molecule has 0 aliphatic heterocycles. The van der Waals surface area contributed by atoms with Crippen molar-refractivity contribution in [2.24, 2.45) is 0 Å². The highest BCUT2D eigenvalue weighted by Gasteiger charge is 2.64. The van der Waals surface area contributed by atoms with Crippen LogP contribution in [0.4, 0.5) is 36.4 Å². The maximum absolute atomic E-state index is 14.3. The molecule has 4 rings (SSSR count). The molecule has 2 amide bonds. The summed E-state index contributed by atoms with van der Waals surface area (Å²) in [7, 11) is 0. The smallest absolute Gasteiger partial charge is 0.351 e. The Morgan fingerprint density at radius 3 is 2.10 bits per heavy atom. The van der Waals surface area contributed by atoms with Gasteiger partial charge in [0.15, 0.2) is 5.54 Å². The summed E-state index contributed by atoms with van der Waals surface area (Å²) in [5.41, 5.74) is -7.03. The molecule has 0 bridgehead atoms. The van der Waals surface area contributed by atoms with Gasteiger partial charge in [-0.1, -0.05) is 23.7 Å². The molecule has 0 unspecified atom stereocenters. The first-order valence-electron chi connectivity index (χ1n) is 11.7. The molecule has 2 fully saturated rings. The van der Waals surface area contributed by atoms with Crippen LogP contribution in [0.2, 0.25) is 0 Å². The van der Waals surface area contributed by atoms with Crippen molar-refractivity contribution in [2.45, 2.75) is 73.9 Å². The highest BCUT2D eigenvalue weighted by molar-refractivity contribution is 6.32.